The Morgan fingerprint density at radius 2 is 1.66 bits per heavy atom. The van der Waals surface area contributed by atoms with Gasteiger partial charge in [0.05, 0.1) is 5.56 Å². The summed E-state index contributed by atoms with van der Waals surface area (Å²) in [4.78, 5) is 38.7. The normalized spacial score (nSPS) is 14.9. The Bertz CT molecular complexity index is 1270. The zero-order valence-electron chi connectivity index (χ0n) is 19.4. The van der Waals surface area contributed by atoms with Gasteiger partial charge >= 0.3 is 12.1 Å². The number of carbonyl (C=O) groups excluding carboxylic acids is 2. The van der Waals surface area contributed by atoms with E-state index in [-0.39, 0.29) is 24.0 Å². The molecule has 0 unspecified atom stereocenters. The molecule has 1 heterocycles. The van der Waals surface area contributed by atoms with Crippen molar-refractivity contribution in [2.24, 2.45) is 0 Å². The number of hydrogen-bond donors (Lipinski definition) is 2. The molecule has 3 aromatic rings. The molecule has 0 fully saturated rings. The lowest BCUT2D eigenvalue weighted by Gasteiger charge is -2.31. The average molecular weight is 471 g/mol. The van der Waals surface area contributed by atoms with Gasteiger partial charge in [0.15, 0.2) is 0 Å². The molecule has 0 radical (unpaired) electrons. The minimum absolute atomic E-state index is 0.0545. The third-order valence-electron chi connectivity index (χ3n) is 6.86. The van der Waals surface area contributed by atoms with E-state index in [1.807, 2.05) is 30.3 Å². The minimum Gasteiger partial charge on any atom is -0.478 e. The van der Waals surface area contributed by atoms with Gasteiger partial charge in [-0.05, 0) is 52.8 Å². The second-order valence-corrected chi connectivity index (χ2v) is 8.95. The van der Waals surface area contributed by atoms with Crippen LogP contribution in [-0.4, -0.2) is 47.2 Å². The molecular weight excluding hydrogens is 444 g/mol. The lowest BCUT2D eigenvalue weighted by Crippen LogP contribution is -2.48. The van der Waals surface area contributed by atoms with Crippen molar-refractivity contribution in [1.29, 1.82) is 0 Å². The third kappa shape index (κ3) is 4.25. The Balaban J connectivity index is 1.20. The van der Waals surface area contributed by atoms with E-state index in [2.05, 4.69) is 29.6 Å². The lowest BCUT2D eigenvalue weighted by atomic mass is 9.94. The molecule has 7 heteroatoms. The molecule has 1 aliphatic heterocycles. The Morgan fingerprint density at radius 1 is 1.00 bits per heavy atom. The maximum atomic E-state index is 13.0. The number of ether oxygens (including phenoxy) is 1. The standard InChI is InChI=1S/C28H26N2O5/c1-17(26(31)30-14-13-19-18(15-30)7-6-12-24(19)27(32)33)29-28(34)35-16-25-22-10-4-2-8-20(22)21-9-3-5-11-23(21)25/h2-12,17,25H,13-16H2,1H3,(H,29,34)(H,32,33)/t17-/m0/s1. The van der Waals surface area contributed by atoms with Crippen LogP contribution in [0.5, 0.6) is 0 Å². The van der Waals surface area contributed by atoms with Gasteiger partial charge in [-0.1, -0.05) is 60.7 Å². The predicted octanol–water partition coefficient (Wildman–Crippen LogP) is 4.20. The SMILES string of the molecule is C[C@H](NC(=O)OCC1c2ccccc2-c2ccccc21)C(=O)N1CCc2c(cccc2C(=O)O)C1. The van der Waals surface area contributed by atoms with E-state index in [0.717, 1.165) is 33.4 Å². The number of carboxylic acids is 1. The molecule has 1 atom stereocenters. The van der Waals surface area contributed by atoms with Crippen LogP contribution in [0, 0.1) is 0 Å². The summed E-state index contributed by atoms with van der Waals surface area (Å²) in [5.74, 6) is -1.25. The summed E-state index contributed by atoms with van der Waals surface area (Å²) in [5.41, 5.74) is 6.41. The number of nitrogens with zero attached hydrogens (tertiary/aromatic N) is 1. The van der Waals surface area contributed by atoms with Crippen molar-refractivity contribution in [2.75, 3.05) is 13.2 Å². The Kier molecular flexibility index (Phi) is 5.99. The molecule has 2 N–H and O–H groups in total. The monoisotopic (exact) mass is 470 g/mol. The Hall–Kier alpha value is -4.13. The fourth-order valence-corrected chi connectivity index (χ4v) is 5.15. The van der Waals surface area contributed by atoms with Crippen molar-refractivity contribution in [1.82, 2.24) is 10.2 Å². The number of carboxylic acid groups (broad SMARTS) is 1. The highest BCUT2D eigenvalue weighted by Crippen LogP contribution is 2.44. The largest absolute Gasteiger partial charge is 0.478 e. The van der Waals surface area contributed by atoms with Crippen molar-refractivity contribution in [3.05, 3.63) is 94.5 Å². The van der Waals surface area contributed by atoms with Gasteiger partial charge in [-0.2, -0.15) is 0 Å². The number of benzene rings is 3. The van der Waals surface area contributed by atoms with Crippen LogP contribution in [-0.2, 0) is 22.5 Å². The number of hydrogen-bond acceptors (Lipinski definition) is 4. The summed E-state index contributed by atoms with van der Waals surface area (Å²) in [5, 5.41) is 12.1. The van der Waals surface area contributed by atoms with Gasteiger partial charge in [-0.3, -0.25) is 4.79 Å². The predicted molar refractivity (Wildman–Crippen MR) is 130 cm³/mol. The summed E-state index contributed by atoms with van der Waals surface area (Å²) in [7, 11) is 0. The number of aromatic carboxylic acids is 1. The zero-order chi connectivity index (χ0) is 24.5. The maximum absolute atomic E-state index is 13.0. The van der Waals surface area contributed by atoms with E-state index in [9.17, 15) is 19.5 Å². The summed E-state index contributed by atoms with van der Waals surface area (Å²) >= 11 is 0. The molecule has 1 aliphatic carbocycles. The van der Waals surface area contributed by atoms with Crippen molar-refractivity contribution >= 4 is 18.0 Å². The molecule has 2 aliphatic rings. The zero-order valence-corrected chi connectivity index (χ0v) is 19.4. The molecule has 0 bridgehead atoms. The molecule has 0 saturated heterocycles. The van der Waals surface area contributed by atoms with Gasteiger partial charge in [0.1, 0.15) is 12.6 Å². The number of carbonyl (C=O) groups is 3. The molecule has 0 spiro atoms. The number of fused-ring (bicyclic) bond motifs is 4. The van der Waals surface area contributed by atoms with E-state index >= 15 is 0 Å². The Labute approximate surface area is 203 Å². The first-order chi connectivity index (χ1) is 16.9. The number of alkyl carbamates (subject to hydrolysis) is 1. The highest BCUT2D eigenvalue weighted by Gasteiger charge is 2.31. The van der Waals surface area contributed by atoms with E-state index in [1.54, 1.807) is 24.0 Å². The van der Waals surface area contributed by atoms with Gasteiger partial charge in [-0.25, -0.2) is 9.59 Å². The quantitative estimate of drug-likeness (QED) is 0.583. The first-order valence-electron chi connectivity index (χ1n) is 11.7. The second kappa shape index (κ2) is 9.25. The van der Waals surface area contributed by atoms with Crippen LogP contribution in [0.2, 0.25) is 0 Å². The Morgan fingerprint density at radius 3 is 2.31 bits per heavy atom. The fraction of sp³-hybridized carbons (Fsp3) is 0.250. The first-order valence-corrected chi connectivity index (χ1v) is 11.7. The highest BCUT2D eigenvalue weighted by molar-refractivity contribution is 5.90. The first kappa shape index (κ1) is 22.7. The molecule has 35 heavy (non-hydrogen) atoms. The third-order valence-corrected chi connectivity index (χ3v) is 6.86. The topological polar surface area (TPSA) is 95.9 Å². The lowest BCUT2D eigenvalue weighted by molar-refractivity contribution is -0.133. The molecule has 2 amide bonds. The average Bonchev–Trinajstić information content (AvgIpc) is 3.19. The van der Waals surface area contributed by atoms with E-state index in [4.69, 9.17) is 4.74 Å². The van der Waals surface area contributed by atoms with E-state index < -0.39 is 18.1 Å². The summed E-state index contributed by atoms with van der Waals surface area (Å²) in [6.45, 7) is 2.52. The number of nitrogens with one attached hydrogen (secondary N) is 1. The van der Waals surface area contributed by atoms with Crippen molar-refractivity contribution in [3.8, 4) is 11.1 Å². The van der Waals surface area contributed by atoms with Crippen LogP contribution >= 0.6 is 0 Å². The van der Waals surface area contributed by atoms with Crippen LogP contribution in [0.3, 0.4) is 0 Å². The van der Waals surface area contributed by atoms with Crippen LogP contribution in [0.25, 0.3) is 11.1 Å². The number of rotatable bonds is 5. The van der Waals surface area contributed by atoms with Gasteiger partial charge < -0.3 is 20.1 Å². The van der Waals surface area contributed by atoms with Crippen molar-refractivity contribution in [3.63, 3.8) is 0 Å². The molecule has 3 aromatic carbocycles. The molecule has 5 rings (SSSR count). The van der Waals surface area contributed by atoms with Gasteiger partial charge in [-0.15, -0.1) is 0 Å². The maximum Gasteiger partial charge on any atom is 0.407 e. The molecule has 0 saturated carbocycles. The van der Waals surface area contributed by atoms with Crippen LogP contribution in [0.4, 0.5) is 4.79 Å². The van der Waals surface area contributed by atoms with Gasteiger partial charge in [0, 0.05) is 19.0 Å². The van der Waals surface area contributed by atoms with Crippen LogP contribution < -0.4 is 5.32 Å². The van der Waals surface area contributed by atoms with Crippen molar-refractivity contribution < 1.29 is 24.2 Å². The smallest absolute Gasteiger partial charge is 0.407 e. The van der Waals surface area contributed by atoms with E-state index in [0.29, 0.717) is 19.5 Å². The summed E-state index contributed by atoms with van der Waals surface area (Å²) in [6.07, 6.45) is -0.181. The second-order valence-electron chi connectivity index (χ2n) is 8.95. The molecular formula is C28H26N2O5. The highest BCUT2D eigenvalue weighted by atomic mass is 16.5. The van der Waals surface area contributed by atoms with Gasteiger partial charge in [0.25, 0.3) is 0 Å². The van der Waals surface area contributed by atoms with Crippen LogP contribution in [0.1, 0.15) is 45.5 Å². The molecule has 7 nitrogen and oxygen atoms in total. The van der Waals surface area contributed by atoms with Crippen LogP contribution in [0.15, 0.2) is 66.7 Å². The fourth-order valence-electron chi connectivity index (χ4n) is 5.15. The van der Waals surface area contributed by atoms with Gasteiger partial charge in [0.2, 0.25) is 5.91 Å². The number of amides is 2. The van der Waals surface area contributed by atoms with Crippen molar-refractivity contribution in [2.45, 2.75) is 31.8 Å². The van der Waals surface area contributed by atoms with E-state index in [1.165, 1.54) is 0 Å². The molecule has 0 aromatic heterocycles. The summed E-state index contributed by atoms with van der Waals surface area (Å²) in [6, 6.07) is 20.6. The summed E-state index contributed by atoms with van der Waals surface area (Å²) < 4.78 is 5.56. The minimum atomic E-state index is -0.966. The molecule has 178 valence electrons.